The second-order valence-electron chi connectivity index (χ2n) is 7.75. The summed E-state index contributed by atoms with van der Waals surface area (Å²) in [6.45, 7) is 6.22. The van der Waals surface area contributed by atoms with Crippen LogP contribution in [0, 0.1) is 0 Å². The van der Waals surface area contributed by atoms with Crippen LogP contribution in [0.2, 0.25) is 0 Å². The second-order valence-corrected chi connectivity index (χ2v) is 7.75. The molecule has 1 N–H and O–H groups in total. The van der Waals surface area contributed by atoms with E-state index in [0.717, 1.165) is 22.6 Å². The highest BCUT2D eigenvalue weighted by Crippen LogP contribution is 2.24. The van der Waals surface area contributed by atoms with Crippen molar-refractivity contribution in [1.82, 2.24) is 24.4 Å². The Morgan fingerprint density at radius 2 is 1.89 bits per heavy atom. The molecule has 0 aliphatic heterocycles. The Labute approximate surface area is 163 Å². The van der Waals surface area contributed by atoms with Gasteiger partial charge in [-0.25, -0.2) is 9.50 Å². The van der Waals surface area contributed by atoms with Gasteiger partial charge >= 0.3 is 0 Å². The lowest BCUT2D eigenvalue weighted by molar-refractivity contribution is 0.101. The highest BCUT2D eigenvalue weighted by atomic mass is 16.2. The number of nitrogens with one attached hydrogen (secondary N) is 1. The molecular weight excluding hydrogens is 352 g/mol. The summed E-state index contributed by atoms with van der Waals surface area (Å²) in [6.07, 6.45) is 3.47. The van der Waals surface area contributed by atoms with Crippen molar-refractivity contribution in [2.24, 2.45) is 7.05 Å². The standard InChI is InChI=1S/C21H22N6O/c1-21(2,3)18-13-17(26(4)25-18)20(28)24-15-7-5-6-14(12-15)16-8-10-22-19-9-11-23-27(16)19/h5-13H,1-4H3,(H,24,28). The van der Waals surface area contributed by atoms with Crippen LogP contribution in [0.25, 0.3) is 16.9 Å². The van der Waals surface area contributed by atoms with Crippen molar-refractivity contribution in [3.8, 4) is 11.3 Å². The molecule has 7 heteroatoms. The maximum atomic E-state index is 12.8. The molecule has 3 heterocycles. The van der Waals surface area contributed by atoms with Gasteiger partial charge < -0.3 is 5.32 Å². The van der Waals surface area contributed by atoms with Gasteiger partial charge in [-0.1, -0.05) is 32.9 Å². The SMILES string of the molecule is Cn1nc(C(C)(C)C)cc1C(=O)Nc1cccc(-c2ccnc3ccnn23)c1. The zero-order valence-corrected chi connectivity index (χ0v) is 16.3. The second kappa shape index (κ2) is 6.60. The van der Waals surface area contributed by atoms with Gasteiger partial charge in [-0.05, 0) is 24.3 Å². The summed E-state index contributed by atoms with van der Waals surface area (Å²) < 4.78 is 3.40. The normalized spacial score (nSPS) is 11.7. The zero-order chi connectivity index (χ0) is 19.9. The Balaban J connectivity index is 1.63. The van der Waals surface area contributed by atoms with Gasteiger partial charge in [-0.3, -0.25) is 9.48 Å². The number of benzene rings is 1. The zero-order valence-electron chi connectivity index (χ0n) is 16.3. The van der Waals surface area contributed by atoms with Crippen molar-refractivity contribution >= 4 is 17.2 Å². The van der Waals surface area contributed by atoms with Crippen LogP contribution < -0.4 is 5.32 Å². The molecule has 0 fully saturated rings. The summed E-state index contributed by atoms with van der Waals surface area (Å²) >= 11 is 0. The van der Waals surface area contributed by atoms with Crippen LogP contribution in [0.15, 0.2) is 54.9 Å². The summed E-state index contributed by atoms with van der Waals surface area (Å²) in [5, 5.41) is 11.8. The third-order valence-electron chi connectivity index (χ3n) is 4.59. The monoisotopic (exact) mass is 374 g/mol. The highest BCUT2D eigenvalue weighted by Gasteiger charge is 2.21. The van der Waals surface area contributed by atoms with E-state index in [1.165, 1.54) is 0 Å². The number of amides is 1. The molecular formula is C21H22N6O. The third kappa shape index (κ3) is 3.26. The number of hydrogen-bond donors (Lipinski definition) is 1. The molecule has 0 saturated heterocycles. The molecule has 0 atom stereocenters. The average molecular weight is 374 g/mol. The molecule has 4 aromatic rings. The molecule has 0 bridgehead atoms. The van der Waals surface area contributed by atoms with Gasteiger partial charge in [0.25, 0.3) is 5.91 Å². The fourth-order valence-corrected chi connectivity index (χ4v) is 3.05. The number of aromatic nitrogens is 5. The Bertz CT molecular complexity index is 1170. The van der Waals surface area contributed by atoms with Crippen LogP contribution in [-0.2, 0) is 12.5 Å². The molecule has 1 amide bonds. The van der Waals surface area contributed by atoms with Crippen molar-refractivity contribution in [2.75, 3.05) is 5.32 Å². The maximum absolute atomic E-state index is 12.8. The summed E-state index contributed by atoms with van der Waals surface area (Å²) in [4.78, 5) is 17.1. The maximum Gasteiger partial charge on any atom is 0.273 e. The largest absolute Gasteiger partial charge is 0.321 e. The fraction of sp³-hybridized carbons (Fsp3) is 0.238. The van der Waals surface area contributed by atoms with Crippen molar-refractivity contribution in [2.45, 2.75) is 26.2 Å². The van der Waals surface area contributed by atoms with Crippen molar-refractivity contribution < 1.29 is 4.79 Å². The lowest BCUT2D eigenvalue weighted by Crippen LogP contribution is -2.16. The van der Waals surface area contributed by atoms with Crippen molar-refractivity contribution in [3.05, 3.63) is 66.2 Å². The van der Waals surface area contributed by atoms with E-state index in [1.54, 1.807) is 28.6 Å². The number of rotatable bonds is 3. The molecule has 142 valence electrons. The average Bonchev–Trinajstić information content (AvgIpc) is 3.27. The van der Waals surface area contributed by atoms with Gasteiger partial charge in [0.05, 0.1) is 17.6 Å². The number of carbonyl (C=O) groups is 1. The van der Waals surface area contributed by atoms with Crippen LogP contribution >= 0.6 is 0 Å². The van der Waals surface area contributed by atoms with Gasteiger partial charge in [-0.2, -0.15) is 10.2 Å². The lowest BCUT2D eigenvalue weighted by atomic mass is 9.92. The molecule has 3 aromatic heterocycles. The molecule has 1 aromatic carbocycles. The quantitative estimate of drug-likeness (QED) is 0.593. The predicted octanol–water partition coefficient (Wildman–Crippen LogP) is 3.68. The van der Waals surface area contributed by atoms with E-state index in [0.29, 0.717) is 11.4 Å². The summed E-state index contributed by atoms with van der Waals surface area (Å²) in [5.74, 6) is -0.193. The first-order valence-electron chi connectivity index (χ1n) is 9.08. The predicted molar refractivity (Wildman–Crippen MR) is 108 cm³/mol. The first kappa shape index (κ1) is 17.9. The summed E-state index contributed by atoms with van der Waals surface area (Å²) in [7, 11) is 1.78. The third-order valence-corrected chi connectivity index (χ3v) is 4.59. The van der Waals surface area contributed by atoms with E-state index < -0.39 is 0 Å². The lowest BCUT2D eigenvalue weighted by Gasteiger charge is -2.13. The minimum absolute atomic E-state index is 0.118. The summed E-state index contributed by atoms with van der Waals surface area (Å²) in [5.41, 5.74) is 4.61. The molecule has 0 aliphatic rings. The van der Waals surface area contributed by atoms with Crippen LogP contribution in [0.4, 0.5) is 5.69 Å². The molecule has 28 heavy (non-hydrogen) atoms. The molecule has 0 spiro atoms. The van der Waals surface area contributed by atoms with Crippen LogP contribution in [0.5, 0.6) is 0 Å². The van der Waals surface area contributed by atoms with Gasteiger partial charge in [0, 0.05) is 36.0 Å². The van der Waals surface area contributed by atoms with Gasteiger partial charge in [0.1, 0.15) is 5.69 Å². The van der Waals surface area contributed by atoms with Crippen molar-refractivity contribution in [3.63, 3.8) is 0 Å². The number of anilines is 1. The first-order chi connectivity index (χ1) is 13.3. The molecule has 0 saturated carbocycles. The number of nitrogens with zero attached hydrogens (tertiary/aromatic N) is 5. The van der Waals surface area contributed by atoms with Gasteiger partial charge in [0.2, 0.25) is 0 Å². The smallest absolute Gasteiger partial charge is 0.273 e. The highest BCUT2D eigenvalue weighted by molar-refractivity contribution is 6.03. The van der Waals surface area contributed by atoms with Crippen LogP contribution in [0.3, 0.4) is 0 Å². The molecule has 0 radical (unpaired) electrons. The molecule has 0 unspecified atom stereocenters. The van der Waals surface area contributed by atoms with E-state index in [4.69, 9.17) is 0 Å². The minimum Gasteiger partial charge on any atom is -0.321 e. The van der Waals surface area contributed by atoms with E-state index >= 15 is 0 Å². The first-order valence-corrected chi connectivity index (χ1v) is 9.08. The number of aryl methyl sites for hydroxylation is 1. The Hall–Kier alpha value is -3.48. The fourth-order valence-electron chi connectivity index (χ4n) is 3.05. The molecule has 4 rings (SSSR count). The van der Waals surface area contributed by atoms with E-state index in [-0.39, 0.29) is 11.3 Å². The van der Waals surface area contributed by atoms with E-state index in [9.17, 15) is 4.79 Å². The van der Waals surface area contributed by atoms with Crippen LogP contribution in [-0.4, -0.2) is 30.3 Å². The van der Waals surface area contributed by atoms with E-state index in [1.807, 2.05) is 42.5 Å². The van der Waals surface area contributed by atoms with Gasteiger partial charge in [0.15, 0.2) is 5.65 Å². The van der Waals surface area contributed by atoms with Crippen molar-refractivity contribution in [1.29, 1.82) is 0 Å². The molecule has 0 aliphatic carbocycles. The number of hydrogen-bond acceptors (Lipinski definition) is 4. The topological polar surface area (TPSA) is 77.1 Å². The Morgan fingerprint density at radius 1 is 1.07 bits per heavy atom. The van der Waals surface area contributed by atoms with Crippen LogP contribution in [0.1, 0.15) is 37.0 Å². The molecule has 7 nitrogen and oxygen atoms in total. The summed E-state index contributed by atoms with van der Waals surface area (Å²) in [6, 6.07) is 13.3. The van der Waals surface area contributed by atoms with Gasteiger partial charge in [-0.15, -0.1) is 0 Å². The minimum atomic E-state index is -0.193. The Kier molecular flexibility index (Phi) is 4.22. The Morgan fingerprint density at radius 3 is 2.64 bits per heavy atom. The number of carbonyl (C=O) groups excluding carboxylic acids is 1. The van der Waals surface area contributed by atoms with E-state index in [2.05, 4.69) is 41.3 Å². The number of fused-ring (bicyclic) bond motifs is 1.